The standard InChI is InChI=1S/C16H21N8O7P/c1-7(2)13(26)21-16-20-12-10(14(27)22-16)18-6-24(12)15-11(31-32(28)29)8(3-4-19-23-17)9(5-25)30-15/h6-9,11,15,25H,3-5H2,1-2H3,(H2-,20,21,22,26,27,28,29)/p+1/t8-,9-,11-,15-/m1/s1. The van der Waals surface area contributed by atoms with Crippen molar-refractivity contribution in [2.45, 2.75) is 38.7 Å². The molecule has 0 spiro atoms. The number of imidazole rings is 1. The molecule has 0 radical (unpaired) electrons. The molecule has 0 saturated carbocycles. The number of aromatic nitrogens is 4. The Morgan fingerprint density at radius 1 is 1.56 bits per heavy atom. The maximum Gasteiger partial charge on any atom is 0.695 e. The summed E-state index contributed by atoms with van der Waals surface area (Å²) >= 11 is 0. The van der Waals surface area contributed by atoms with E-state index in [2.05, 4.69) is 30.3 Å². The highest BCUT2D eigenvalue weighted by atomic mass is 31.1. The van der Waals surface area contributed by atoms with E-state index in [0.29, 0.717) is 0 Å². The third-order valence-electron chi connectivity index (χ3n) is 4.98. The van der Waals surface area contributed by atoms with E-state index in [4.69, 9.17) is 14.8 Å². The first-order chi connectivity index (χ1) is 15.3. The Kier molecular flexibility index (Phi) is 7.51. The lowest BCUT2D eigenvalue weighted by Crippen LogP contribution is -2.30. The number of fused-ring (bicyclic) bond motifs is 1. The second kappa shape index (κ2) is 10.1. The SMILES string of the molecule is CC(C)C(=O)Nc1nc2c(ncn2[C@@H]2O[C@H](CO)[C@@H](CCN=[N+]=[N-])[C@H]2O[P+](=O)O)c(=O)[nH]1. The van der Waals surface area contributed by atoms with Gasteiger partial charge in [-0.25, -0.2) is 4.98 Å². The first-order valence-corrected chi connectivity index (χ1v) is 10.8. The summed E-state index contributed by atoms with van der Waals surface area (Å²) in [6.45, 7) is 2.96. The van der Waals surface area contributed by atoms with Gasteiger partial charge in [-0.2, -0.15) is 4.98 Å². The Balaban J connectivity index is 2.03. The van der Waals surface area contributed by atoms with Crippen LogP contribution in [0.25, 0.3) is 21.6 Å². The van der Waals surface area contributed by atoms with Gasteiger partial charge in [0.05, 0.1) is 19.0 Å². The van der Waals surface area contributed by atoms with E-state index in [1.807, 2.05) is 0 Å². The van der Waals surface area contributed by atoms with Gasteiger partial charge in [0.2, 0.25) is 11.9 Å². The van der Waals surface area contributed by atoms with Crippen LogP contribution in [0.4, 0.5) is 5.95 Å². The van der Waals surface area contributed by atoms with Crippen molar-refractivity contribution in [3.05, 3.63) is 27.1 Å². The van der Waals surface area contributed by atoms with Crippen molar-refractivity contribution in [3.63, 3.8) is 0 Å². The van der Waals surface area contributed by atoms with Crippen LogP contribution in [0.15, 0.2) is 16.2 Å². The van der Waals surface area contributed by atoms with Gasteiger partial charge in [-0.05, 0) is 12.0 Å². The number of hydrogen-bond acceptors (Lipinski definition) is 9. The Labute approximate surface area is 181 Å². The summed E-state index contributed by atoms with van der Waals surface area (Å²) in [5.41, 5.74) is 7.88. The molecule has 1 unspecified atom stereocenters. The molecule has 32 heavy (non-hydrogen) atoms. The van der Waals surface area contributed by atoms with E-state index >= 15 is 0 Å². The van der Waals surface area contributed by atoms with Crippen LogP contribution < -0.4 is 10.9 Å². The minimum atomic E-state index is -3.05. The monoisotopic (exact) mass is 469 g/mol. The van der Waals surface area contributed by atoms with Crippen molar-refractivity contribution < 1.29 is 28.6 Å². The van der Waals surface area contributed by atoms with Crippen molar-refractivity contribution in [1.29, 1.82) is 0 Å². The molecule has 2 aromatic rings. The number of azide groups is 1. The quantitative estimate of drug-likeness (QED) is 0.178. The highest BCUT2D eigenvalue weighted by Crippen LogP contribution is 2.42. The third kappa shape index (κ3) is 4.93. The fourth-order valence-electron chi connectivity index (χ4n) is 3.45. The molecule has 0 aliphatic carbocycles. The fourth-order valence-corrected chi connectivity index (χ4v) is 3.92. The van der Waals surface area contributed by atoms with Crippen molar-refractivity contribution in [3.8, 4) is 0 Å². The van der Waals surface area contributed by atoms with Gasteiger partial charge >= 0.3 is 8.25 Å². The van der Waals surface area contributed by atoms with Gasteiger partial charge < -0.3 is 9.84 Å². The Hall–Kier alpha value is -2.93. The van der Waals surface area contributed by atoms with Crippen LogP contribution >= 0.6 is 8.25 Å². The van der Waals surface area contributed by atoms with Crippen LogP contribution in [0.2, 0.25) is 0 Å². The normalized spacial score (nSPS) is 23.3. The summed E-state index contributed by atoms with van der Waals surface area (Å²) in [6, 6.07) is 0. The van der Waals surface area contributed by atoms with Crippen LogP contribution in [0.1, 0.15) is 26.5 Å². The number of ether oxygens (including phenoxy) is 1. The minimum Gasteiger partial charge on any atom is -0.394 e. The van der Waals surface area contributed by atoms with Gasteiger partial charge in [-0.3, -0.25) is 24.5 Å². The summed E-state index contributed by atoms with van der Waals surface area (Å²) in [6.07, 6.45) is -1.50. The van der Waals surface area contributed by atoms with Gasteiger partial charge in [0.25, 0.3) is 5.56 Å². The van der Waals surface area contributed by atoms with Crippen molar-refractivity contribution in [1.82, 2.24) is 19.5 Å². The summed E-state index contributed by atoms with van der Waals surface area (Å²) in [5.74, 6) is -1.45. The summed E-state index contributed by atoms with van der Waals surface area (Å²) in [7, 11) is -3.05. The van der Waals surface area contributed by atoms with Crippen LogP contribution in [-0.2, 0) is 18.6 Å². The van der Waals surface area contributed by atoms with Gasteiger partial charge in [0, 0.05) is 27.9 Å². The third-order valence-corrected chi connectivity index (χ3v) is 5.41. The molecule has 172 valence electrons. The molecule has 2 aromatic heterocycles. The molecule has 16 heteroatoms. The number of aliphatic hydroxyl groups is 1. The minimum absolute atomic E-state index is 0.0342. The van der Waals surface area contributed by atoms with Crippen molar-refractivity contribution >= 4 is 31.3 Å². The van der Waals surface area contributed by atoms with E-state index in [9.17, 15) is 24.2 Å². The second-order valence-electron chi connectivity index (χ2n) is 7.35. The maximum atomic E-state index is 12.4. The molecule has 15 nitrogen and oxygen atoms in total. The zero-order valence-corrected chi connectivity index (χ0v) is 18.0. The molecule has 0 aromatic carbocycles. The fraction of sp³-hybridized carbons (Fsp3) is 0.625. The van der Waals surface area contributed by atoms with E-state index < -0.39 is 44.8 Å². The van der Waals surface area contributed by atoms with E-state index in [1.54, 1.807) is 13.8 Å². The number of rotatable bonds is 9. The average Bonchev–Trinajstić information content (AvgIpc) is 3.29. The number of hydrogen-bond donors (Lipinski definition) is 4. The number of aromatic amines is 1. The predicted octanol–water partition coefficient (Wildman–Crippen LogP) is 0.955. The summed E-state index contributed by atoms with van der Waals surface area (Å²) in [5, 5.41) is 15.7. The number of anilines is 1. The topological polar surface area (TPSA) is 217 Å². The molecule has 1 saturated heterocycles. The Morgan fingerprint density at radius 2 is 2.31 bits per heavy atom. The van der Waals surface area contributed by atoms with E-state index in [1.165, 1.54) is 10.9 Å². The number of H-pyrrole nitrogens is 1. The molecule has 0 bridgehead atoms. The van der Waals surface area contributed by atoms with E-state index in [0.717, 1.165) is 0 Å². The van der Waals surface area contributed by atoms with Crippen molar-refractivity contribution in [2.75, 3.05) is 18.5 Å². The molecule has 3 rings (SSSR count). The molecule has 3 heterocycles. The summed E-state index contributed by atoms with van der Waals surface area (Å²) in [4.78, 5) is 47.2. The Morgan fingerprint density at radius 3 is 2.94 bits per heavy atom. The van der Waals surface area contributed by atoms with Gasteiger partial charge in [0.15, 0.2) is 23.5 Å². The Bertz CT molecular complexity index is 1110. The molecule has 1 aliphatic rings. The van der Waals surface area contributed by atoms with Gasteiger partial charge in [0.1, 0.15) is 0 Å². The molecule has 4 N–H and O–H groups in total. The number of nitrogens with one attached hydrogen (secondary N) is 2. The highest BCUT2D eigenvalue weighted by Gasteiger charge is 2.50. The van der Waals surface area contributed by atoms with Crippen LogP contribution in [0, 0.1) is 11.8 Å². The zero-order chi connectivity index (χ0) is 23.4. The smallest absolute Gasteiger partial charge is 0.394 e. The van der Waals surface area contributed by atoms with Gasteiger partial charge in [-0.1, -0.05) is 19.0 Å². The number of amides is 1. The van der Waals surface area contributed by atoms with Crippen molar-refractivity contribution in [2.24, 2.45) is 17.0 Å². The lowest BCUT2D eigenvalue weighted by Gasteiger charge is -2.18. The predicted molar refractivity (Wildman–Crippen MR) is 109 cm³/mol. The largest absolute Gasteiger partial charge is 0.695 e. The molecular formula is C16H22N8O7P+. The molecule has 1 amide bonds. The first-order valence-electron chi connectivity index (χ1n) is 9.64. The van der Waals surface area contributed by atoms with Crippen LogP contribution in [0.3, 0.4) is 0 Å². The first kappa shape index (κ1) is 23.7. The zero-order valence-electron chi connectivity index (χ0n) is 17.2. The van der Waals surface area contributed by atoms with Gasteiger partial charge in [-0.15, -0.1) is 9.42 Å². The lowest BCUT2D eigenvalue weighted by atomic mass is 9.94. The van der Waals surface area contributed by atoms with E-state index in [-0.39, 0.29) is 41.9 Å². The average molecular weight is 469 g/mol. The molecule has 1 aliphatic heterocycles. The van der Waals surface area contributed by atoms with Crippen LogP contribution in [0.5, 0.6) is 0 Å². The lowest BCUT2D eigenvalue weighted by molar-refractivity contribution is -0.118. The molecular weight excluding hydrogens is 447 g/mol. The van der Waals surface area contributed by atoms with Crippen LogP contribution in [-0.4, -0.2) is 60.8 Å². The summed E-state index contributed by atoms with van der Waals surface area (Å²) < 4.78 is 23.9. The number of nitrogens with zero attached hydrogens (tertiary/aromatic N) is 6. The second-order valence-corrected chi connectivity index (χ2v) is 8.03. The highest BCUT2D eigenvalue weighted by molar-refractivity contribution is 7.32. The molecule has 1 fully saturated rings. The maximum absolute atomic E-state index is 12.4. The number of aliphatic hydroxyl groups excluding tert-OH is 1. The number of carbonyl (C=O) groups excluding carboxylic acids is 1. The number of carbonyl (C=O) groups is 1. The molecule has 5 atom stereocenters.